The molecule has 1 aliphatic carbocycles. The Morgan fingerprint density at radius 2 is 2.36 bits per heavy atom. The summed E-state index contributed by atoms with van der Waals surface area (Å²) >= 11 is 3.11. The van der Waals surface area contributed by atoms with E-state index < -0.39 is 23.5 Å². The minimum atomic E-state index is -0.903. The van der Waals surface area contributed by atoms with Crippen LogP contribution in [0.15, 0.2) is 23.3 Å². The van der Waals surface area contributed by atoms with E-state index >= 15 is 0 Å². The number of halogens is 3. The molecule has 0 aromatic heterocycles. The summed E-state index contributed by atoms with van der Waals surface area (Å²) < 4.78 is 30.2. The van der Waals surface area contributed by atoms with Crippen LogP contribution in [0.25, 0.3) is 0 Å². The molecule has 0 aliphatic heterocycles. The minimum absolute atomic E-state index is 0.254. The molecule has 0 heterocycles. The molecule has 1 atom stereocenters. The third kappa shape index (κ3) is 2.20. The molecule has 0 aromatic rings. The Labute approximate surface area is 88.7 Å². The van der Waals surface area contributed by atoms with Crippen molar-refractivity contribution in [3.63, 3.8) is 0 Å². The van der Waals surface area contributed by atoms with Gasteiger partial charge in [-0.25, -0.2) is 8.78 Å². The largest absolute Gasteiger partial charge is 0.469 e. The maximum absolute atomic E-state index is 12.9. The summed E-state index contributed by atoms with van der Waals surface area (Å²) in [5.74, 6) is -3.05. The molecule has 0 saturated carbocycles. The third-order valence-corrected chi connectivity index (χ3v) is 2.69. The fraction of sp³-hybridized carbons (Fsp3) is 0.444. The summed E-state index contributed by atoms with van der Waals surface area (Å²) in [6.07, 6.45) is 0.783. The molecule has 14 heavy (non-hydrogen) atoms. The van der Waals surface area contributed by atoms with E-state index in [0.717, 1.165) is 6.08 Å². The highest BCUT2D eigenvalue weighted by Gasteiger charge is 2.29. The van der Waals surface area contributed by atoms with Crippen molar-refractivity contribution in [1.82, 2.24) is 0 Å². The maximum Gasteiger partial charge on any atom is 0.313 e. The van der Waals surface area contributed by atoms with Gasteiger partial charge in [-0.3, -0.25) is 4.79 Å². The first-order valence-corrected chi connectivity index (χ1v) is 5.10. The Balaban J connectivity index is 2.93. The molecule has 0 fully saturated rings. The van der Waals surface area contributed by atoms with Crippen molar-refractivity contribution in [3.8, 4) is 0 Å². The second-order valence-electron chi connectivity index (χ2n) is 2.89. The van der Waals surface area contributed by atoms with Crippen LogP contribution in [0.4, 0.5) is 8.78 Å². The fourth-order valence-electron chi connectivity index (χ4n) is 1.26. The molecule has 78 valence electrons. The number of hydrogen-bond donors (Lipinski definition) is 0. The van der Waals surface area contributed by atoms with Crippen molar-refractivity contribution < 1.29 is 18.3 Å². The fourth-order valence-corrected chi connectivity index (χ4v) is 1.81. The van der Waals surface area contributed by atoms with Crippen LogP contribution in [-0.4, -0.2) is 18.4 Å². The summed E-state index contributed by atoms with van der Waals surface area (Å²) in [6.45, 7) is 0. The van der Waals surface area contributed by atoms with Crippen molar-refractivity contribution in [2.75, 3.05) is 12.4 Å². The Bertz CT molecular complexity index is 310. The number of rotatable bonds is 2. The molecule has 0 saturated heterocycles. The lowest BCUT2D eigenvalue weighted by Crippen LogP contribution is -2.21. The third-order valence-electron chi connectivity index (χ3n) is 2.04. The number of ether oxygens (including phenoxy) is 1. The monoisotopic (exact) mass is 266 g/mol. The van der Waals surface area contributed by atoms with Gasteiger partial charge in [-0.2, -0.15) is 0 Å². The van der Waals surface area contributed by atoms with Gasteiger partial charge in [-0.05, 0) is 11.6 Å². The van der Waals surface area contributed by atoms with Crippen LogP contribution in [0.3, 0.4) is 0 Å². The van der Waals surface area contributed by atoms with Crippen LogP contribution in [0, 0.1) is 5.92 Å². The first kappa shape index (κ1) is 11.4. The molecular weight excluding hydrogens is 258 g/mol. The van der Waals surface area contributed by atoms with E-state index in [1.165, 1.54) is 7.11 Å². The van der Waals surface area contributed by atoms with Crippen LogP contribution in [-0.2, 0) is 9.53 Å². The number of carbonyl (C=O) groups is 1. The normalized spacial score (nSPS) is 22.0. The van der Waals surface area contributed by atoms with Gasteiger partial charge in [0.2, 0.25) is 0 Å². The van der Waals surface area contributed by atoms with Crippen molar-refractivity contribution in [1.29, 1.82) is 0 Å². The van der Waals surface area contributed by atoms with E-state index in [9.17, 15) is 13.6 Å². The SMILES string of the molecule is COC(=O)C1CC(F)=C(F)C=C1CBr. The predicted octanol–water partition coefficient (Wildman–Crippen LogP) is 2.65. The van der Waals surface area contributed by atoms with Gasteiger partial charge >= 0.3 is 5.97 Å². The van der Waals surface area contributed by atoms with Gasteiger partial charge in [0.15, 0.2) is 5.83 Å². The van der Waals surface area contributed by atoms with Gasteiger partial charge in [0, 0.05) is 11.8 Å². The van der Waals surface area contributed by atoms with Gasteiger partial charge in [-0.15, -0.1) is 0 Å². The molecule has 1 aliphatic rings. The number of hydrogen-bond acceptors (Lipinski definition) is 2. The second-order valence-corrected chi connectivity index (χ2v) is 3.45. The zero-order valence-electron chi connectivity index (χ0n) is 7.52. The van der Waals surface area contributed by atoms with Gasteiger partial charge in [0.1, 0.15) is 5.83 Å². The van der Waals surface area contributed by atoms with E-state index in [-0.39, 0.29) is 6.42 Å². The zero-order valence-corrected chi connectivity index (χ0v) is 9.11. The molecule has 0 radical (unpaired) electrons. The Hall–Kier alpha value is -0.710. The zero-order chi connectivity index (χ0) is 10.7. The van der Waals surface area contributed by atoms with Gasteiger partial charge in [0.25, 0.3) is 0 Å². The number of alkyl halides is 1. The van der Waals surface area contributed by atoms with Crippen LogP contribution in [0.1, 0.15) is 6.42 Å². The number of carbonyl (C=O) groups excluding carboxylic acids is 1. The summed E-state index contributed by atoms with van der Waals surface area (Å²) in [5, 5.41) is 0.327. The standard InChI is InChI=1S/C9H9BrF2O2/c1-14-9(13)6-3-8(12)7(11)2-5(6)4-10/h2,6H,3-4H2,1H3. The lowest BCUT2D eigenvalue weighted by atomic mass is 9.92. The lowest BCUT2D eigenvalue weighted by molar-refractivity contribution is -0.144. The quantitative estimate of drug-likeness (QED) is 0.568. The molecule has 2 nitrogen and oxygen atoms in total. The summed E-state index contributed by atoms with van der Waals surface area (Å²) in [5.41, 5.74) is 0.496. The molecule has 0 amide bonds. The maximum atomic E-state index is 12.9. The first-order valence-electron chi connectivity index (χ1n) is 3.98. The highest BCUT2D eigenvalue weighted by molar-refractivity contribution is 9.09. The van der Waals surface area contributed by atoms with Crippen LogP contribution >= 0.6 is 15.9 Å². The average molecular weight is 267 g/mol. The second kappa shape index (κ2) is 4.68. The Morgan fingerprint density at radius 1 is 1.71 bits per heavy atom. The van der Waals surface area contributed by atoms with Crippen molar-refractivity contribution in [2.45, 2.75) is 6.42 Å². The average Bonchev–Trinajstić information content (AvgIpc) is 2.20. The molecule has 0 bridgehead atoms. The first-order chi connectivity index (χ1) is 6.60. The molecule has 1 rings (SSSR count). The van der Waals surface area contributed by atoms with Crippen molar-refractivity contribution in [2.24, 2.45) is 5.92 Å². The summed E-state index contributed by atoms with van der Waals surface area (Å²) in [4.78, 5) is 11.2. The molecule has 5 heteroatoms. The van der Waals surface area contributed by atoms with Gasteiger partial charge in [0.05, 0.1) is 13.0 Å². The molecular formula is C9H9BrF2O2. The number of esters is 1. The summed E-state index contributed by atoms with van der Waals surface area (Å²) in [6, 6.07) is 0. The van der Waals surface area contributed by atoms with E-state index in [4.69, 9.17) is 0 Å². The minimum Gasteiger partial charge on any atom is -0.469 e. The molecule has 0 spiro atoms. The molecule has 1 unspecified atom stereocenters. The van der Waals surface area contributed by atoms with E-state index in [1.807, 2.05) is 0 Å². The summed E-state index contributed by atoms with van der Waals surface area (Å²) in [7, 11) is 1.22. The Morgan fingerprint density at radius 3 is 2.86 bits per heavy atom. The van der Waals surface area contributed by atoms with E-state index in [2.05, 4.69) is 20.7 Å². The lowest BCUT2D eigenvalue weighted by Gasteiger charge is -2.19. The van der Waals surface area contributed by atoms with Crippen molar-refractivity contribution in [3.05, 3.63) is 23.3 Å². The van der Waals surface area contributed by atoms with Crippen LogP contribution in [0.2, 0.25) is 0 Å². The topological polar surface area (TPSA) is 26.3 Å². The predicted molar refractivity (Wildman–Crippen MR) is 51.2 cm³/mol. The smallest absolute Gasteiger partial charge is 0.313 e. The van der Waals surface area contributed by atoms with Crippen LogP contribution < -0.4 is 0 Å². The highest BCUT2D eigenvalue weighted by Crippen LogP contribution is 2.32. The number of allylic oxidation sites excluding steroid dienone is 3. The Kier molecular flexibility index (Phi) is 3.80. The van der Waals surface area contributed by atoms with Crippen molar-refractivity contribution >= 4 is 21.9 Å². The molecule has 0 N–H and O–H groups in total. The number of methoxy groups -OCH3 is 1. The van der Waals surface area contributed by atoms with Crippen LogP contribution in [0.5, 0.6) is 0 Å². The van der Waals surface area contributed by atoms with Gasteiger partial charge in [-0.1, -0.05) is 15.9 Å². The van der Waals surface area contributed by atoms with Gasteiger partial charge < -0.3 is 4.74 Å². The van der Waals surface area contributed by atoms with E-state index in [1.54, 1.807) is 0 Å². The van der Waals surface area contributed by atoms with E-state index in [0.29, 0.717) is 10.9 Å². The highest BCUT2D eigenvalue weighted by atomic mass is 79.9. The molecule has 0 aromatic carbocycles.